The number of nitrogens with one attached hydrogen (secondary N) is 1. The molecule has 150 valence electrons. The summed E-state index contributed by atoms with van der Waals surface area (Å²) in [5.74, 6) is -0.745. The van der Waals surface area contributed by atoms with Crippen molar-refractivity contribution in [2.45, 2.75) is 13.1 Å². The minimum absolute atomic E-state index is 0.103. The lowest BCUT2D eigenvalue weighted by Crippen LogP contribution is -2.28. The first-order valence-corrected chi connectivity index (χ1v) is 8.63. The minimum atomic E-state index is -4.52. The second-order valence-electron chi connectivity index (χ2n) is 6.29. The fourth-order valence-corrected chi connectivity index (χ4v) is 2.63. The van der Waals surface area contributed by atoms with Crippen molar-refractivity contribution >= 4 is 11.6 Å². The van der Waals surface area contributed by atoms with Crippen molar-refractivity contribution in [2.75, 3.05) is 11.9 Å². The number of amides is 1. The zero-order chi connectivity index (χ0) is 21.0. The summed E-state index contributed by atoms with van der Waals surface area (Å²) in [4.78, 5) is 25.4. The molecule has 0 spiro atoms. The average Bonchev–Trinajstić information content (AvgIpc) is 2.68. The highest BCUT2D eigenvalue weighted by Crippen LogP contribution is 2.24. The van der Waals surface area contributed by atoms with Gasteiger partial charge in [-0.15, -0.1) is 0 Å². The van der Waals surface area contributed by atoms with E-state index < -0.39 is 24.2 Å². The van der Waals surface area contributed by atoms with Gasteiger partial charge in [-0.25, -0.2) is 0 Å². The number of ether oxygens (including phenoxy) is 1. The molecule has 0 atom stereocenters. The van der Waals surface area contributed by atoms with E-state index in [2.05, 4.69) is 5.32 Å². The normalized spacial score (nSPS) is 11.2. The van der Waals surface area contributed by atoms with E-state index >= 15 is 0 Å². The highest BCUT2D eigenvalue weighted by molar-refractivity contribution is 6.04. The van der Waals surface area contributed by atoms with Gasteiger partial charge >= 0.3 is 6.18 Å². The molecule has 8 heteroatoms. The fraction of sp³-hybridized carbons (Fsp3) is 0.143. The Bertz CT molecular complexity index is 1070. The Morgan fingerprint density at radius 1 is 1.03 bits per heavy atom. The topological polar surface area (TPSA) is 60.3 Å². The molecule has 2 aromatic carbocycles. The summed E-state index contributed by atoms with van der Waals surface area (Å²) in [6.45, 7) is 0.409. The molecule has 0 fully saturated rings. The van der Waals surface area contributed by atoms with E-state index in [9.17, 15) is 22.8 Å². The number of benzene rings is 2. The number of halogens is 3. The van der Waals surface area contributed by atoms with Gasteiger partial charge in [0.05, 0.1) is 5.69 Å². The number of anilines is 1. The summed E-state index contributed by atoms with van der Waals surface area (Å²) in [5, 5.41) is 2.63. The molecular weight excluding hydrogens is 385 g/mol. The third-order valence-electron chi connectivity index (χ3n) is 4.02. The van der Waals surface area contributed by atoms with Gasteiger partial charge in [-0.2, -0.15) is 13.2 Å². The average molecular weight is 402 g/mol. The molecule has 0 aliphatic heterocycles. The van der Waals surface area contributed by atoms with Crippen LogP contribution in [-0.2, 0) is 0 Å². The zero-order valence-electron chi connectivity index (χ0n) is 15.4. The summed E-state index contributed by atoms with van der Waals surface area (Å²) in [5.41, 5.74) is 0.801. The van der Waals surface area contributed by atoms with E-state index in [-0.39, 0.29) is 17.0 Å². The lowest BCUT2D eigenvalue weighted by atomic mass is 10.2. The van der Waals surface area contributed by atoms with Crippen LogP contribution in [0.4, 0.5) is 18.9 Å². The smallest absolute Gasteiger partial charge is 0.422 e. The molecule has 0 saturated carbocycles. The summed E-state index contributed by atoms with van der Waals surface area (Å²) in [7, 11) is 0. The second-order valence-corrected chi connectivity index (χ2v) is 6.29. The van der Waals surface area contributed by atoms with Crippen molar-refractivity contribution in [1.82, 2.24) is 4.57 Å². The Kier molecular flexibility index (Phi) is 5.72. The van der Waals surface area contributed by atoms with Gasteiger partial charge in [0.25, 0.3) is 11.5 Å². The molecule has 5 nitrogen and oxygen atoms in total. The molecule has 0 bridgehead atoms. The summed E-state index contributed by atoms with van der Waals surface area (Å²) < 4.78 is 43.4. The first kappa shape index (κ1) is 20.2. The van der Waals surface area contributed by atoms with E-state index in [1.54, 1.807) is 18.2 Å². The number of hydrogen-bond donors (Lipinski definition) is 1. The van der Waals surface area contributed by atoms with Crippen LogP contribution in [0.25, 0.3) is 5.69 Å². The molecule has 0 saturated heterocycles. The molecule has 1 amide bonds. The zero-order valence-corrected chi connectivity index (χ0v) is 15.4. The number of pyridine rings is 1. The number of aromatic nitrogens is 1. The number of para-hydroxylation sites is 2. The number of nitrogens with zero attached hydrogens (tertiary/aromatic N) is 1. The van der Waals surface area contributed by atoms with E-state index in [0.717, 1.165) is 10.1 Å². The molecule has 1 heterocycles. The van der Waals surface area contributed by atoms with Gasteiger partial charge in [-0.3, -0.25) is 14.2 Å². The lowest BCUT2D eigenvalue weighted by molar-refractivity contribution is -0.153. The van der Waals surface area contributed by atoms with Crippen molar-refractivity contribution < 1.29 is 22.7 Å². The molecule has 0 unspecified atom stereocenters. The van der Waals surface area contributed by atoms with E-state index in [4.69, 9.17) is 4.74 Å². The predicted octanol–water partition coefficient (Wildman–Crippen LogP) is 4.34. The number of carbonyl (C=O) groups excluding carboxylic acids is 1. The Balaban J connectivity index is 1.92. The Labute approximate surface area is 164 Å². The van der Waals surface area contributed by atoms with Gasteiger partial charge in [0.15, 0.2) is 6.61 Å². The van der Waals surface area contributed by atoms with E-state index in [1.807, 2.05) is 19.1 Å². The van der Waals surface area contributed by atoms with Crippen molar-refractivity contribution in [3.05, 3.63) is 88.3 Å². The van der Waals surface area contributed by atoms with Gasteiger partial charge in [-0.1, -0.05) is 29.8 Å². The van der Waals surface area contributed by atoms with E-state index in [1.165, 1.54) is 36.5 Å². The first-order valence-electron chi connectivity index (χ1n) is 8.63. The molecule has 0 aliphatic rings. The second kappa shape index (κ2) is 8.22. The van der Waals surface area contributed by atoms with Crippen molar-refractivity contribution in [1.29, 1.82) is 0 Å². The van der Waals surface area contributed by atoms with Crippen LogP contribution in [0.3, 0.4) is 0 Å². The van der Waals surface area contributed by atoms with Crippen molar-refractivity contribution in [3.63, 3.8) is 0 Å². The number of carbonyl (C=O) groups is 1. The van der Waals surface area contributed by atoms with Crippen LogP contribution in [0.15, 0.2) is 71.7 Å². The molecule has 3 rings (SSSR count). The lowest BCUT2D eigenvalue weighted by Gasteiger charge is -2.15. The van der Waals surface area contributed by atoms with Crippen LogP contribution in [0, 0.1) is 6.92 Å². The van der Waals surface area contributed by atoms with Crippen LogP contribution in [0.2, 0.25) is 0 Å². The summed E-state index contributed by atoms with van der Waals surface area (Å²) >= 11 is 0. The van der Waals surface area contributed by atoms with Crippen LogP contribution in [0.1, 0.15) is 15.9 Å². The molecule has 1 N–H and O–H groups in total. The SMILES string of the molecule is Cc1ccc(NC(=O)c2cccn(-c3ccccc3OCC(F)(F)F)c2=O)cc1. The van der Waals surface area contributed by atoms with Crippen LogP contribution in [-0.4, -0.2) is 23.3 Å². The molecule has 1 aromatic heterocycles. The standard InChI is InChI=1S/C21H17F3N2O3/c1-14-8-10-15(11-9-14)25-19(27)16-5-4-12-26(20(16)28)17-6-2-3-7-18(17)29-13-21(22,23)24/h2-12H,13H2,1H3,(H,25,27). The first-order chi connectivity index (χ1) is 13.7. The quantitative estimate of drug-likeness (QED) is 0.691. The third kappa shape index (κ3) is 5.04. The minimum Gasteiger partial charge on any atom is -0.482 e. The number of hydrogen-bond acceptors (Lipinski definition) is 3. The number of rotatable bonds is 5. The van der Waals surface area contributed by atoms with Gasteiger partial charge in [-0.05, 0) is 43.3 Å². The number of alkyl halides is 3. The Hall–Kier alpha value is -3.55. The molecule has 29 heavy (non-hydrogen) atoms. The molecule has 3 aromatic rings. The highest BCUT2D eigenvalue weighted by atomic mass is 19.4. The molecular formula is C21H17F3N2O3. The van der Waals surface area contributed by atoms with Crippen molar-refractivity contribution in [2.24, 2.45) is 0 Å². The van der Waals surface area contributed by atoms with Gasteiger partial charge < -0.3 is 10.1 Å². The largest absolute Gasteiger partial charge is 0.482 e. The predicted molar refractivity (Wildman–Crippen MR) is 103 cm³/mol. The Morgan fingerprint density at radius 2 is 1.72 bits per heavy atom. The van der Waals surface area contributed by atoms with Crippen molar-refractivity contribution in [3.8, 4) is 11.4 Å². The fourth-order valence-electron chi connectivity index (χ4n) is 2.63. The van der Waals surface area contributed by atoms with Crippen LogP contribution in [0.5, 0.6) is 5.75 Å². The maximum atomic E-state index is 12.8. The van der Waals surface area contributed by atoms with Gasteiger partial charge in [0.1, 0.15) is 11.3 Å². The third-order valence-corrected chi connectivity index (χ3v) is 4.02. The Morgan fingerprint density at radius 3 is 2.41 bits per heavy atom. The summed E-state index contributed by atoms with van der Waals surface area (Å²) in [6.07, 6.45) is -3.16. The molecule has 0 aliphatic carbocycles. The van der Waals surface area contributed by atoms with Crippen LogP contribution < -0.4 is 15.6 Å². The van der Waals surface area contributed by atoms with Gasteiger partial charge in [0, 0.05) is 11.9 Å². The highest BCUT2D eigenvalue weighted by Gasteiger charge is 2.29. The van der Waals surface area contributed by atoms with Crippen LogP contribution >= 0.6 is 0 Å². The summed E-state index contributed by atoms with van der Waals surface area (Å²) in [6, 6.07) is 15.7. The van der Waals surface area contributed by atoms with E-state index in [0.29, 0.717) is 5.69 Å². The number of aryl methyl sites for hydroxylation is 1. The monoisotopic (exact) mass is 402 g/mol. The van der Waals surface area contributed by atoms with Gasteiger partial charge in [0.2, 0.25) is 0 Å². The maximum absolute atomic E-state index is 12.8. The molecule has 0 radical (unpaired) electrons. The maximum Gasteiger partial charge on any atom is 0.422 e.